The molecule has 108 valence electrons. The summed E-state index contributed by atoms with van der Waals surface area (Å²) in [5, 5.41) is 6.71. The second kappa shape index (κ2) is 5.41. The molecule has 2 N–H and O–H groups in total. The summed E-state index contributed by atoms with van der Waals surface area (Å²) in [6.45, 7) is 6.39. The van der Waals surface area contributed by atoms with Gasteiger partial charge in [-0.1, -0.05) is 6.92 Å². The van der Waals surface area contributed by atoms with Gasteiger partial charge in [-0.2, -0.15) is 0 Å². The van der Waals surface area contributed by atoms with Gasteiger partial charge in [0.05, 0.1) is 5.41 Å². The van der Waals surface area contributed by atoms with Gasteiger partial charge in [-0.25, -0.2) is 0 Å². The van der Waals surface area contributed by atoms with E-state index in [9.17, 15) is 4.79 Å². The number of hydrogen-bond donors (Lipinski definition) is 2. The molecule has 4 nitrogen and oxygen atoms in total. The molecule has 4 heteroatoms. The van der Waals surface area contributed by atoms with Crippen LogP contribution in [0.25, 0.3) is 0 Å². The van der Waals surface area contributed by atoms with Gasteiger partial charge in [-0.3, -0.25) is 9.69 Å². The molecule has 3 rings (SSSR count). The average Bonchev–Trinajstić information content (AvgIpc) is 3.20. The fraction of sp³-hybridized carbons (Fsp3) is 0.933. The molecule has 1 atom stereocenters. The van der Waals surface area contributed by atoms with E-state index in [0.29, 0.717) is 11.9 Å². The molecule has 1 aliphatic carbocycles. The van der Waals surface area contributed by atoms with E-state index < -0.39 is 0 Å². The van der Waals surface area contributed by atoms with Crippen LogP contribution in [0, 0.1) is 5.41 Å². The molecule has 0 bridgehead atoms. The van der Waals surface area contributed by atoms with Gasteiger partial charge in [-0.05, 0) is 51.6 Å². The molecule has 2 saturated heterocycles. The summed E-state index contributed by atoms with van der Waals surface area (Å²) < 4.78 is 0. The lowest BCUT2D eigenvalue weighted by atomic mass is 9.75. The maximum absolute atomic E-state index is 12.6. The Morgan fingerprint density at radius 1 is 1.32 bits per heavy atom. The van der Waals surface area contributed by atoms with Crippen molar-refractivity contribution in [3.8, 4) is 0 Å². The largest absolute Gasteiger partial charge is 0.352 e. The number of hydrogen-bond acceptors (Lipinski definition) is 3. The molecule has 2 aliphatic heterocycles. The monoisotopic (exact) mass is 265 g/mol. The Labute approximate surface area is 116 Å². The van der Waals surface area contributed by atoms with E-state index in [2.05, 4.69) is 22.5 Å². The van der Waals surface area contributed by atoms with Gasteiger partial charge in [0.2, 0.25) is 5.91 Å². The third-order valence-corrected chi connectivity index (χ3v) is 5.34. The van der Waals surface area contributed by atoms with Crippen molar-refractivity contribution in [2.24, 2.45) is 5.41 Å². The number of carbonyl (C=O) groups is 1. The number of piperidine rings is 1. The smallest absolute Gasteiger partial charge is 0.226 e. The summed E-state index contributed by atoms with van der Waals surface area (Å²) in [5.74, 6) is 0.319. The Hall–Kier alpha value is -0.610. The van der Waals surface area contributed by atoms with Crippen molar-refractivity contribution in [1.82, 2.24) is 15.5 Å². The average molecular weight is 265 g/mol. The quantitative estimate of drug-likeness (QED) is 0.800. The molecule has 19 heavy (non-hydrogen) atoms. The first-order chi connectivity index (χ1) is 9.23. The van der Waals surface area contributed by atoms with Crippen molar-refractivity contribution in [2.75, 3.05) is 26.2 Å². The van der Waals surface area contributed by atoms with Gasteiger partial charge in [-0.15, -0.1) is 0 Å². The summed E-state index contributed by atoms with van der Waals surface area (Å²) in [5.41, 5.74) is -0.0990. The zero-order valence-corrected chi connectivity index (χ0v) is 12.1. The van der Waals surface area contributed by atoms with Crippen molar-refractivity contribution in [3.63, 3.8) is 0 Å². The third kappa shape index (κ3) is 2.79. The summed E-state index contributed by atoms with van der Waals surface area (Å²) in [4.78, 5) is 15.2. The molecular weight excluding hydrogens is 238 g/mol. The fourth-order valence-electron chi connectivity index (χ4n) is 3.66. The number of nitrogens with one attached hydrogen (secondary N) is 2. The van der Waals surface area contributed by atoms with Gasteiger partial charge < -0.3 is 10.6 Å². The first-order valence-electron chi connectivity index (χ1n) is 7.99. The molecule has 0 aromatic heterocycles. The molecule has 0 aromatic carbocycles. The molecule has 3 aliphatic rings. The molecule has 1 saturated carbocycles. The minimum Gasteiger partial charge on any atom is -0.352 e. The zero-order chi connectivity index (χ0) is 13.3. The lowest BCUT2D eigenvalue weighted by Crippen LogP contribution is -2.50. The van der Waals surface area contributed by atoms with Crippen LogP contribution in [0.3, 0.4) is 0 Å². The molecule has 1 amide bonds. The second-order valence-corrected chi connectivity index (χ2v) is 6.57. The Balaban J connectivity index is 1.54. The van der Waals surface area contributed by atoms with Crippen molar-refractivity contribution in [3.05, 3.63) is 0 Å². The van der Waals surface area contributed by atoms with Crippen LogP contribution in [0.5, 0.6) is 0 Å². The first-order valence-corrected chi connectivity index (χ1v) is 7.99. The van der Waals surface area contributed by atoms with Gasteiger partial charge in [0, 0.05) is 25.2 Å². The highest BCUT2D eigenvalue weighted by molar-refractivity contribution is 5.83. The molecular formula is C15H27N3O. The number of amides is 1. The Bertz CT molecular complexity index is 334. The number of rotatable bonds is 4. The van der Waals surface area contributed by atoms with Crippen molar-refractivity contribution in [1.29, 1.82) is 0 Å². The van der Waals surface area contributed by atoms with E-state index in [4.69, 9.17) is 0 Å². The predicted molar refractivity (Wildman–Crippen MR) is 76.0 cm³/mol. The van der Waals surface area contributed by atoms with Gasteiger partial charge in [0.1, 0.15) is 0 Å². The van der Waals surface area contributed by atoms with Crippen LogP contribution in [-0.2, 0) is 4.79 Å². The normalized spacial score (nSPS) is 31.3. The minimum atomic E-state index is -0.0990. The van der Waals surface area contributed by atoms with E-state index in [1.165, 1.54) is 19.4 Å². The van der Waals surface area contributed by atoms with E-state index in [-0.39, 0.29) is 5.41 Å². The van der Waals surface area contributed by atoms with Gasteiger partial charge >= 0.3 is 0 Å². The van der Waals surface area contributed by atoms with Gasteiger partial charge in [0.15, 0.2) is 0 Å². The summed E-state index contributed by atoms with van der Waals surface area (Å²) in [6.07, 6.45) is 6.83. The predicted octanol–water partition coefficient (Wildman–Crippen LogP) is 1.12. The molecule has 3 fully saturated rings. The number of nitrogens with zero attached hydrogens (tertiary/aromatic N) is 1. The number of carbonyl (C=O) groups excluding carboxylic acids is 1. The fourth-order valence-corrected chi connectivity index (χ4v) is 3.66. The molecule has 1 unspecified atom stereocenters. The van der Waals surface area contributed by atoms with Crippen LogP contribution < -0.4 is 10.6 Å². The highest BCUT2D eigenvalue weighted by Gasteiger charge is 2.40. The molecule has 0 aromatic rings. The van der Waals surface area contributed by atoms with Crippen LogP contribution in [0.15, 0.2) is 0 Å². The standard InChI is InChI=1S/C15H27N3O/c1-2-15(6-8-16-9-7-15)14(19)17-12-5-10-18(11-12)13-3-4-13/h12-13,16H,2-11H2,1H3,(H,17,19). The van der Waals surface area contributed by atoms with Crippen LogP contribution >= 0.6 is 0 Å². The number of likely N-dealkylation sites (tertiary alicyclic amines) is 1. The van der Waals surface area contributed by atoms with Crippen molar-refractivity contribution < 1.29 is 4.79 Å². The summed E-state index contributed by atoms with van der Waals surface area (Å²) in [7, 11) is 0. The van der Waals surface area contributed by atoms with Gasteiger partial charge in [0.25, 0.3) is 0 Å². The Morgan fingerprint density at radius 2 is 2.05 bits per heavy atom. The minimum absolute atomic E-state index is 0.0990. The summed E-state index contributed by atoms with van der Waals surface area (Å²) in [6, 6.07) is 1.23. The maximum atomic E-state index is 12.6. The molecule has 0 spiro atoms. The van der Waals surface area contributed by atoms with E-state index in [1.807, 2.05) is 0 Å². The first kappa shape index (κ1) is 13.4. The molecule has 2 heterocycles. The topological polar surface area (TPSA) is 44.4 Å². The Morgan fingerprint density at radius 3 is 2.68 bits per heavy atom. The second-order valence-electron chi connectivity index (χ2n) is 6.57. The molecule has 0 radical (unpaired) electrons. The SMILES string of the molecule is CCC1(C(=O)NC2CCN(C3CC3)C2)CCNCC1. The van der Waals surface area contributed by atoms with Crippen molar-refractivity contribution in [2.45, 2.75) is 57.5 Å². The van der Waals surface area contributed by atoms with Crippen LogP contribution in [0.4, 0.5) is 0 Å². The van der Waals surface area contributed by atoms with E-state index in [1.54, 1.807) is 0 Å². The van der Waals surface area contributed by atoms with Crippen LogP contribution in [-0.4, -0.2) is 49.1 Å². The van der Waals surface area contributed by atoms with Crippen molar-refractivity contribution >= 4 is 5.91 Å². The third-order valence-electron chi connectivity index (χ3n) is 5.34. The van der Waals surface area contributed by atoms with Crippen LogP contribution in [0.1, 0.15) is 45.4 Å². The zero-order valence-electron chi connectivity index (χ0n) is 12.1. The highest BCUT2D eigenvalue weighted by atomic mass is 16.2. The lowest BCUT2D eigenvalue weighted by molar-refractivity contribution is -0.133. The highest BCUT2D eigenvalue weighted by Crippen LogP contribution is 2.34. The lowest BCUT2D eigenvalue weighted by Gasteiger charge is -2.36. The van der Waals surface area contributed by atoms with Crippen LogP contribution in [0.2, 0.25) is 0 Å². The Kier molecular flexibility index (Phi) is 3.81. The summed E-state index contributed by atoms with van der Waals surface area (Å²) >= 11 is 0. The maximum Gasteiger partial charge on any atom is 0.226 e. The van der Waals surface area contributed by atoms with E-state index >= 15 is 0 Å². The van der Waals surface area contributed by atoms with E-state index in [0.717, 1.165) is 51.4 Å².